The van der Waals surface area contributed by atoms with Gasteiger partial charge in [-0.15, -0.1) is 0 Å². The van der Waals surface area contributed by atoms with E-state index >= 15 is 0 Å². The highest BCUT2D eigenvalue weighted by atomic mass is 16.3. The standard InChI is InChI=1S/C22H17N2O/c1-14-15-7-3-4-8-16(15)21-17-13-23-11-10-19(17)25-22(21)20(14)18-9-5-6-12-24(18)2/h3-13H,1-2H3/q+1. The van der Waals surface area contributed by atoms with E-state index in [9.17, 15) is 0 Å². The molecule has 0 atom stereocenters. The van der Waals surface area contributed by atoms with E-state index in [-0.39, 0.29) is 0 Å². The van der Waals surface area contributed by atoms with Gasteiger partial charge in [0.1, 0.15) is 18.2 Å². The van der Waals surface area contributed by atoms with Crippen LogP contribution in [0, 0.1) is 6.92 Å². The number of nitrogens with zero attached hydrogens (tertiary/aromatic N) is 2. The number of hydrogen-bond donors (Lipinski definition) is 0. The fraction of sp³-hybridized carbons (Fsp3) is 0.0909. The number of aromatic nitrogens is 2. The SMILES string of the molecule is Cc1c(-c2cccc[n+]2C)c2oc3ccncc3c2c2ccccc12. The Balaban J connectivity index is 2.10. The predicted molar refractivity (Wildman–Crippen MR) is 100 cm³/mol. The molecule has 0 aliphatic carbocycles. The molecule has 0 radical (unpaired) electrons. The average Bonchev–Trinajstić information content (AvgIpc) is 3.02. The maximum atomic E-state index is 6.33. The zero-order valence-electron chi connectivity index (χ0n) is 14.2. The predicted octanol–water partition coefficient (Wildman–Crippen LogP) is 4.93. The maximum Gasteiger partial charge on any atom is 0.216 e. The van der Waals surface area contributed by atoms with Gasteiger partial charge in [-0.05, 0) is 35.4 Å². The van der Waals surface area contributed by atoms with Crippen LogP contribution in [0.3, 0.4) is 0 Å². The summed E-state index contributed by atoms with van der Waals surface area (Å²) >= 11 is 0. The number of rotatable bonds is 1. The minimum Gasteiger partial charge on any atom is -0.455 e. The van der Waals surface area contributed by atoms with E-state index in [0.29, 0.717) is 0 Å². The van der Waals surface area contributed by atoms with E-state index in [0.717, 1.165) is 33.2 Å². The minimum absolute atomic E-state index is 0.876. The van der Waals surface area contributed by atoms with Gasteiger partial charge in [0.2, 0.25) is 5.69 Å². The summed E-state index contributed by atoms with van der Waals surface area (Å²) in [4.78, 5) is 4.32. The topological polar surface area (TPSA) is 29.9 Å². The van der Waals surface area contributed by atoms with Crippen LogP contribution in [0.1, 0.15) is 5.56 Å². The molecule has 0 aliphatic rings. The third kappa shape index (κ3) is 1.92. The van der Waals surface area contributed by atoms with Crippen molar-refractivity contribution >= 4 is 32.7 Å². The molecular weight excluding hydrogens is 308 g/mol. The summed E-state index contributed by atoms with van der Waals surface area (Å²) in [6.45, 7) is 2.18. The molecular formula is C22H17N2O+. The Morgan fingerprint density at radius 1 is 0.920 bits per heavy atom. The lowest BCUT2D eigenvalue weighted by Gasteiger charge is -2.10. The summed E-state index contributed by atoms with van der Waals surface area (Å²) in [5, 5.41) is 4.67. The molecule has 3 heteroatoms. The third-order valence-electron chi connectivity index (χ3n) is 5.00. The van der Waals surface area contributed by atoms with Crippen molar-refractivity contribution in [3.05, 3.63) is 72.7 Å². The van der Waals surface area contributed by atoms with Crippen LogP contribution in [0.2, 0.25) is 0 Å². The van der Waals surface area contributed by atoms with Crippen molar-refractivity contribution < 1.29 is 8.98 Å². The van der Waals surface area contributed by atoms with Crippen LogP contribution in [-0.4, -0.2) is 4.98 Å². The molecule has 0 fully saturated rings. The van der Waals surface area contributed by atoms with Crippen LogP contribution in [0.4, 0.5) is 0 Å². The number of fused-ring (bicyclic) bond motifs is 5. The highest BCUT2D eigenvalue weighted by Crippen LogP contribution is 2.42. The summed E-state index contributed by atoms with van der Waals surface area (Å²) in [6.07, 6.45) is 5.75. The van der Waals surface area contributed by atoms with Gasteiger partial charge < -0.3 is 4.42 Å². The molecule has 5 aromatic rings. The quantitative estimate of drug-likeness (QED) is 0.409. The molecule has 2 aromatic carbocycles. The minimum atomic E-state index is 0.876. The molecule has 120 valence electrons. The fourth-order valence-corrected chi connectivity index (χ4v) is 3.81. The number of hydrogen-bond acceptors (Lipinski definition) is 2. The monoisotopic (exact) mass is 325 g/mol. The van der Waals surface area contributed by atoms with Crippen LogP contribution < -0.4 is 4.57 Å². The third-order valence-corrected chi connectivity index (χ3v) is 5.00. The first-order valence-corrected chi connectivity index (χ1v) is 8.38. The Kier molecular flexibility index (Phi) is 2.92. The van der Waals surface area contributed by atoms with Gasteiger partial charge >= 0.3 is 0 Å². The number of furan rings is 1. The second-order valence-electron chi connectivity index (χ2n) is 6.42. The molecule has 0 amide bonds. The van der Waals surface area contributed by atoms with E-state index in [1.54, 1.807) is 6.20 Å². The summed E-state index contributed by atoms with van der Waals surface area (Å²) in [5.74, 6) is 0. The molecule has 0 unspecified atom stereocenters. The lowest BCUT2D eigenvalue weighted by Crippen LogP contribution is -2.30. The highest BCUT2D eigenvalue weighted by molar-refractivity contribution is 6.23. The molecule has 0 bridgehead atoms. The number of pyridine rings is 2. The van der Waals surface area contributed by atoms with E-state index in [1.165, 1.54) is 16.3 Å². The second kappa shape index (κ2) is 5.15. The summed E-state index contributed by atoms with van der Waals surface area (Å²) in [6, 6.07) is 16.7. The highest BCUT2D eigenvalue weighted by Gasteiger charge is 2.23. The van der Waals surface area contributed by atoms with E-state index in [1.807, 2.05) is 18.3 Å². The fourth-order valence-electron chi connectivity index (χ4n) is 3.81. The van der Waals surface area contributed by atoms with Crippen LogP contribution in [0.15, 0.2) is 71.5 Å². The Morgan fingerprint density at radius 3 is 2.56 bits per heavy atom. The molecule has 3 nitrogen and oxygen atoms in total. The van der Waals surface area contributed by atoms with E-state index in [2.05, 4.69) is 66.1 Å². The van der Waals surface area contributed by atoms with Gasteiger partial charge in [0, 0.05) is 35.3 Å². The Bertz CT molecular complexity index is 1270. The van der Waals surface area contributed by atoms with Crippen molar-refractivity contribution in [2.24, 2.45) is 7.05 Å². The molecule has 5 rings (SSSR count). The Hall–Kier alpha value is -3.20. The van der Waals surface area contributed by atoms with E-state index in [4.69, 9.17) is 4.42 Å². The normalized spacial score (nSPS) is 11.6. The molecule has 0 saturated carbocycles. The van der Waals surface area contributed by atoms with Gasteiger partial charge in [0.25, 0.3) is 0 Å². The molecule has 3 heterocycles. The number of benzene rings is 2. The summed E-state index contributed by atoms with van der Waals surface area (Å²) in [5.41, 5.74) is 5.33. The van der Waals surface area contributed by atoms with Crippen molar-refractivity contribution in [2.75, 3.05) is 0 Å². The molecule has 0 spiro atoms. The van der Waals surface area contributed by atoms with Crippen LogP contribution in [-0.2, 0) is 7.05 Å². The number of aryl methyl sites for hydroxylation is 2. The largest absolute Gasteiger partial charge is 0.455 e. The van der Waals surface area contributed by atoms with Gasteiger partial charge in [0.05, 0.1) is 5.56 Å². The first kappa shape index (κ1) is 14.2. The van der Waals surface area contributed by atoms with Crippen molar-refractivity contribution in [3.63, 3.8) is 0 Å². The van der Waals surface area contributed by atoms with Gasteiger partial charge in [-0.1, -0.05) is 24.3 Å². The van der Waals surface area contributed by atoms with E-state index < -0.39 is 0 Å². The Morgan fingerprint density at radius 2 is 1.72 bits per heavy atom. The van der Waals surface area contributed by atoms with Crippen LogP contribution >= 0.6 is 0 Å². The molecule has 0 saturated heterocycles. The Labute approximate surface area is 145 Å². The van der Waals surface area contributed by atoms with Crippen LogP contribution in [0.5, 0.6) is 0 Å². The van der Waals surface area contributed by atoms with Crippen molar-refractivity contribution in [3.8, 4) is 11.3 Å². The van der Waals surface area contributed by atoms with Gasteiger partial charge in [-0.3, -0.25) is 4.98 Å². The summed E-state index contributed by atoms with van der Waals surface area (Å²) in [7, 11) is 2.07. The zero-order chi connectivity index (χ0) is 17.0. The smallest absolute Gasteiger partial charge is 0.216 e. The summed E-state index contributed by atoms with van der Waals surface area (Å²) < 4.78 is 8.47. The van der Waals surface area contributed by atoms with Crippen LogP contribution in [0.25, 0.3) is 44.0 Å². The van der Waals surface area contributed by atoms with Crippen molar-refractivity contribution in [1.82, 2.24) is 4.98 Å². The van der Waals surface area contributed by atoms with Crippen molar-refractivity contribution in [2.45, 2.75) is 6.92 Å². The molecule has 0 N–H and O–H groups in total. The molecule has 0 aliphatic heterocycles. The lowest BCUT2D eigenvalue weighted by atomic mass is 9.93. The first-order valence-electron chi connectivity index (χ1n) is 8.38. The van der Waals surface area contributed by atoms with Gasteiger partial charge in [0.15, 0.2) is 6.20 Å². The van der Waals surface area contributed by atoms with Crippen molar-refractivity contribution in [1.29, 1.82) is 0 Å². The molecule has 25 heavy (non-hydrogen) atoms. The van der Waals surface area contributed by atoms with Gasteiger partial charge in [-0.2, -0.15) is 0 Å². The zero-order valence-corrected chi connectivity index (χ0v) is 14.2. The maximum absolute atomic E-state index is 6.33. The molecule has 3 aromatic heterocycles. The average molecular weight is 325 g/mol. The second-order valence-corrected chi connectivity index (χ2v) is 6.42. The first-order chi connectivity index (χ1) is 12.3. The lowest BCUT2D eigenvalue weighted by molar-refractivity contribution is -0.660. The van der Waals surface area contributed by atoms with Gasteiger partial charge in [-0.25, -0.2) is 4.57 Å².